The van der Waals surface area contributed by atoms with E-state index >= 15 is 0 Å². The van der Waals surface area contributed by atoms with E-state index in [1.54, 1.807) is 7.11 Å². The van der Waals surface area contributed by atoms with E-state index in [1.807, 2.05) is 29.2 Å². The minimum atomic E-state index is -3.06. The third-order valence-electron chi connectivity index (χ3n) is 4.03. The second kappa shape index (κ2) is 6.66. The molecule has 2 rings (SSSR count). The van der Waals surface area contributed by atoms with Crippen molar-refractivity contribution >= 4 is 15.8 Å². The normalized spacial score (nSPS) is 22.6. The molecule has 1 aromatic rings. The molecule has 1 saturated heterocycles. The Morgan fingerprint density at radius 1 is 1.36 bits per heavy atom. The fraction of sp³-hybridized carbons (Fsp3) is 0.533. The van der Waals surface area contributed by atoms with Crippen molar-refractivity contribution in [2.45, 2.75) is 5.92 Å². The summed E-state index contributed by atoms with van der Waals surface area (Å²) < 4.78 is 27.9. The maximum Gasteiger partial charge on any atom is 0.308 e. The molecule has 1 aromatic carbocycles. The van der Waals surface area contributed by atoms with E-state index in [0.717, 1.165) is 5.56 Å². The molecule has 7 heteroatoms. The number of methoxy groups -OCH3 is 1. The summed E-state index contributed by atoms with van der Waals surface area (Å²) in [4.78, 5) is 13.4. The number of carboxylic acid groups (broad SMARTS) is 1. The highest BCUT2D eigenvalue weighted by Gasteiger charge is 2.39. The standard InChI is InChI=1S/C15H21NO5S/c1-21-14-6-4-3-5-11(14)12-9-16(7-8-22(2,19)20)10-13(12)15(17)18/h3-6,12-13H,7-10H2,1-2H3,(H,17,18). The lowest BCUT2D eigenvalue weighted by Crippen LogP contribution is -2.28. The van der Waals surface area contributed by atoms with Crippen LogP contribution in [0.25, 0.3) is 0 Å². The van der Waals surface area contributed by atoms with Crippen molar-refractivity contribution in [3.8, 4) is 5.75 Å². The van der Waals surface area contributed by atoms with Crippen LogP contribution in [0.15, 0.2) is 24.3 Å². The Kier molecular flexibility index (Phi) is 5.08. The van der Waals surface area contributed by atoms with Crippen LogP contribution in [0.4, 0.5) is 0 Å². The van der Waals surface area contributed by atoms with Crippen LogP contribution in [-0.4, -0.2) is 63.1 Å². The van der Waals surface area contributed by atoms with E-state index in [0.29, 0.717) is 25.4 Å². The topological polar surface area (TPSA) is 83.9 Å². The molecule has 0 saturated carbocycles. The van der Waals surface area contributed by atoms with Gasteiger partial charge >= 0.3 is 5.97 Å². The summed E-state index contributed by atoms with van der Waals surface area (Å²) in [5, 5.41) is 9.47. The first-order valence-corrected chi connectivity index (χ1v) is 9.13. The van der Waals surface area contributed by atoms with Crippen molar-refractivity contribution in [3.05, 3.63) is 29.8 Å². The van der Waals surface area contributed by atoms with Gasteiger partial charge in [-0.05, 0) is 11.6 Å². The third kappa shape index (κ3) is 3.98. The second-order valence-electron chi connectivity index (χ2n) is 5.68. The number of carboxylic acids is 1. The first kappa shape index (κ1) is 16.8. The maximum absolute atomic E-state index is 11.5. The summed E-state index contributed by atoms with van der Waals surface area (Å²) in [7, 11) is -1.50. The predicted molar refractivity (Wildman–Crippen MR) is 83.0 cm³/mol. The quantitative estimate of drug-likeness (QED) is 0.833. The Balaban J connectivity index is 2.20. The van der Waals surface area contributed by atoms with Gasteiger partial charge in [0.1, 0.15) is 15.6 Å². The molecule has 0 radical (unpaired) electrons. The highest BCUT2D eigenvalue weighted by molar-refractivity contribution is 7.90. The van der Waals surface area contributed by atoms with Crippen molar-refractivity contribution in [3.63, 3.8) is 0 Å². The first-order valence-electron chi connectivity index (χ1n) is 7.07. The molecule has 1 aliphatic rings. The number of hydrogen-bond donors (Lipinski definition) is 1. The molecule has 122 valence electrons. The van der Waals surface area contributed by atoms with Crippen LogP contribution >= 0.6 is 0 Å². The summed E-state index contributed by atoms with van der Waals surface area (Å²) in [6.07, 6.45) is 1.19. The van der Waals surface area contributed by atoms with Gasteiger partial charge in [0.15, 0.2) is 0 Å². The van der Waals surface area contributed by atoms with Gasteiger partial charge in [-0.2, -0.15) is 0 Å². The summed E-state index contributed by atoms with van der Waals surface area (Å²) in [6, 6.07) is 7.39. The van der Waals surface area contributed by atoms with Gasteiger partial charge in [0.2, 0.25) is 0 Å². The molecule has 1 N–H and O–H groups in total. The first-order chi connectivity index (χ1) is 10.3. The highest BCUT2D eigenvalue weighted by atomic mass is 32.2. The van der Waals surface area contributed by atoms with Crippen LogP contribution in [0.1, 0.15) is 11.5 Å². The van der Waals surface area contributed by atoms with Gasteiger partial charge in [-0.1, -0.05) is 18.2 Å². The third-order valence-corrected chi connectivity index (χ3v) is 4.95. The minimum absolute atomic E-state index is 0.0397. The molecule has 2 atom stereocenters. The number of para-hydroxylation sites is 1. The van der Waals surface area contributed by atoms with E-state index in [2.05, 4.69) is 0 Å². The number of rotatable bonds is 6. The van der Waals surface area contributed by atoms with Crippen LogP contribution in [0.3, 0.4) is 0 Å². The molecule has 0 bridgehead atoms. The molecular weight excluding hydrogens is 306 g/mol. The Bertz CT molecular complexity index is 643. The Morgan fingerprint density at radius 2 is 2.05 bits per heavy atom. The molecule has 1 aliphatic heterocycles. The van der Waals surface area contributed by atoms with Crippen LogP contribution in [0.2, 0.25) is 0 Å². The lowest BCUT2D eigenvalue weighted by atomic mass is 9.88. The van der Waals surface area contributed by atoms with Gasteiger partial charge in [-0.15, -0.1) is 0 Å². The summed E-state index contributed by atoms with van der Waals surface area (Å²) in [5.74, 6) is -0.914. The number of hydrogen-bond acceptors (Lipinski definition) is 5. The average molecular weight is 327 g/mol. The van der Waals surface area contributed by atoms with Crippen molar-refractivity contribution in [1.29, 1.82) is 0 Å². The average Bonchev–Trinajstić information content (AvgIpc) is 2.88. The number of ether oxygens (including phenoxy) is 1. The van der Waals surface area contributed by atoms with E-state index in [1.165, 1.54) is 6.26 Å². The van der Waals surface area contributed by atoms with Crippen molar-refractivity contribution in [2.75, 3.05) is 38.8 Å². The zero-order chi connectivity index (χ0) is 16.3. The summed E-state index contributed by atoms with van der Waals surface area (Å²) in [6.45, 7) is 1.23. The smallest absolute Gasteiger partial charge is 0.308 e. The zero-order valence-electron chi connectivity index (χ0n) is 12.7. The molecule has 0 spiro atoms. The highest BCUT2D eigenvalue weighted by Crippen LogP contribution is 2.37. The monoisotopic (exact) mass is 327 g/mol. The fourth-order valence-corrected chi connectivity index (χ4v) is 3.49. The number of likely N-dealkylation sites (tertiary alicyclic amines) is 1. The van der Waals surface area contributed by atoms with Crippen LogP contribution in [0.5, 0.6) is 5.75 Å². The number of benzene rings is 1. The molecular formula is C15H21NO5S. The molecule has 0 aromatic heterocycles. The molecule has 6 nitrogen and oxygen atoms in total. The Labute approximate surface area is 130 Å². The van der Waals surface area contributed by atoms with E-state index in [9.17, 15) is 18.3 Å². The predicted octanol–water partition coefficient (Wildman–Crippen LogP) is 0.840. The summed E-state index contributed by atoms with van der Waals surface area (Å²) in [5.41, 5.74) is 0.860. The van der Waals surface area contributed by atoms with Gasteiger partial charge in [0.25, 0.3) is 0 Å². The SMILES string of the molecule is COc1ccccc1C1CN(CCS(C)(=O)=O)CC1C(=O)O. The molecule has 0 aliphatic carbocycles. The van der Waals surface area contributed by atoms with E-state index in [-0.39, 0.29) is 11.7 Å². The summed E-state index contributed by atoms with van der Waals surface area (Å²) >= 11 is 0. The van der Waals surface area contributed by atoms with Crippen molar-refractivity contribution in [1.82, 2.24) is 4.90 Å². The molecule has 22 heavy (non-hydrogen) atoms. The van der Waals surface area contributed by atoms with E-state index in [4.69, 9.17) is 4.74 Å². The Hall–Kier alpha value is -1.60. The van der Waals surface area contributed by atoms with E-state index < -0.39 is 21.7 Å². The van der Waals surface area contributed by atoms with Gasteiger partial charge in [0.05, 0.1) is 18.8 Å². The maximum atomic E-state index is 11.5. The van der Waals surface area contributed by atoms with Gasteiger partial charge in [-0.3, -0.25) is 4.79 Å². The van der Waals surface area contributed by atoms with Gasteiger partial charge in [0, 0.05) is 31.8 Å². The van der Waals surface area contributed by atoms with Crippen molar-refractivity contribution in [2.24, 2.45) is 5.92 Å². The molecule has 0 amide bonds. The lowest BCUT2D eigenvalue weighted by molar-refractivity contribution is -0.141. The van der Waals surface area contributed by atoms with Crippen LogP contribution in [0, 0.1) is 5.92 Å². The van der Waals surface area contributed by atoms with Gasteiger partial charge in [-0.25, -0.2) is 8.42 Å². The lowest BCUT2D eigenvalue weighted by Gasteiger charge is -2.18. The second-order valence-corrected chi connectivity index (χ2v) is 7.94. The van der Waals surface area contributed by atoms with Crippen LogP contribution in [-0.2, 0) is 14.6 Å². The van der Waals surface area contributed by atoms with Crippen LogP contribution < -0.4 is 4.74 Å². The fourth-order valence-electron chi connectivity index (χ4n) is 2.90. The molecule has 2 unspecified atom stereocenters. The number of aliphatic carboxylic acids is 1. The zero-order valence-corrected chi connectivity index (χ0v) is 13.5. The molecule has 1 fully saturated rings. The van der Waals surface area contributed by atoms with Crippen molar-refractivity contribution < 1.29 is 23.1 Å². The number of carbonyl (C=O) groups is 1. The number of sulfone groups is 1. The van der Waals surface area contributed by atoms with Gasteiger partial charge < -0.3 is 14.7 Å². The largest absolute Gasteiger partial charge is 0.496 e. The minimum Gasteiger partial charge on any atom is -0.496 e. The number of nitrogens with zero attached hydrogens (tertiary/aromatic N) is 1. The Morgan fingerprint density at radius 3 is 2.64 bits per heavy atom. The molecule has 1 heterocycles.